The molecule has 0 aromatic heterocycles. The minimum atomic E-state index is -0.313. The molecule has 2 aliphatic heterocycles. The van der Waals surface area contributed by atoms with Crippen LogP contribution < -0.4 is 10.2 Å². The van der Waals surface area contributed by atoms with Crippen LogP contribution in [0.25, 0.3) is 6.08 Å². The highest BCUT2D eigenvalue weighted by Crippen LogP contribution is 2.36. The molecule has 0 unspecified atom stereocenters. The number of para-hydroxylation sites is 1. The van der Waals surface area contributed by atoms with E-state index in [-0.39, 0.29) is 11.1 Å². The predicted molar refractivity (Wildman–Crippen MR) is 84.7 cm³/mol. The highest BCUT2D eigenvalue weighted by Gasteiger charge is 2.26. The second-order valence-electron chi connectivity index (χ2n) is 4.72. The number of hydrogen-bond donors (Lipinski definition) is 1. The van der Waals surface area contributed by atoms with E-state index in [9.17, 15) is 9.59 Å². The SMILES string of the molecule is O=C1NC(=O)/C(=C/c2cccc(Br)c2N2CCCC2)S1. The fourth-order valence-corrected chi connectivity index (χ4v) is 3.79. The first-order valence-electron chi connectivity index (χ1n) is 6.43. The molecule has 6 heteroatoms. The van der Waals surface area contributed by atoms with Crippen LogP contribution in [0.1, 0.15) is 18.4 Å². The lowest BCUT2D eigenvalue weighted by Gasteiger charge is -2.22. The molecule has 0 aliphatic carbocycles. The molecule has 2 aliphatic rings. The number of rotatable bonds is 2. The van der Waals surface area contributed by atoms with Gasteiger partial charge in [0.05, 0.1) is 10.6 Å². The topological polar surface area (TPSA) is 49.4 Å². The lowest BCUT2D eigenvalue weighted by molar-refractivity contribution is -0.115. The Bertz CT molecular complexity index is 609. The predicted octanol–water partition coefficient (Wildman–Crippen LogP) is 3.37. The van der Waals surface area contributed by atoms with Gasteiger partial charge in [-0.3, -0.25) is 14.9 Å². The number of nitrogens with zero attached hydrogens (tertiary/aromatic N) is 1. The molecule has 0 spiro atoms. The number of nitrogens with one attached hydrogen (secondary N) is 1. The summed E-state index contributed by atoms with van der Waals surface area (Å²) in [6, 6.07) is 5.92. The van der Waals surface area contributed by atoms with Crippen molar-refractivity contribution in [2.75, 3.05) is 18.0 Å². The first-order valence-corrected chi connectivity index (χ1v) is 8.04. The summed E-state index contributed by atoms with van der Waals surface area (Å²) in [4.78, 5) is 25.7. The Kier molecular flexibility index (Phi) is 3.85. The molecule has 2 heterocycles. The molecule has 0 bridgehead atoms. The van der Waals surface area contributed by atoms with Crippen LogP contribution in [0, 0.1) is 0 Å². The Hall–Kier alpha value is -1.27. The number of carbonyl (C=O) groups excluding carboxylic acids is 2. The summed E-state index contributed by atoms with van der Waals surface area (Å²) >= 11 is 4.54. The first kappa shape index (κ1) is 13.7. The monoisotopic (exact) mass is 352 g/mol. The van der Waals surface area contributed by atoms with Crippen LogP contribution >= 0.6 is 27.7 Å². The van der Waals surface area contributed by atoms with Crippen molar-refractivity contribution in [2.45, 2.75) is 12.8 Å². The van der Waals surface area contributed by atoms with E-state index < -0.39 is 0 Å². The molecule has 2 amide bonds. The molecule has 0 saturated carbocycles. The van der Waals surface area contributed by atoms with E-state index in [4.69, 9.17) is 0 Å². The van der Waals surface area contributed by atoms with E-state index in [1.54, 1.807) is 6.08 Å². The number of halogens is 1. The molecule has 1 aromatic rings. The van der Waals surface area contributed by atoms with Crippen molar-refractivity contribution >= 4 is 50.6 Å². The van der Waals surface area contributed by atoms with Gasteiger partial charge in [0.2, 0.25) is 0 Å². The molecule has 20 heavy (non-hydrogen) atoms. The molecule has 1 aromatic carbocycles. The van der Waals surface area contributed by atoms with Crippen molar-refractivity contribution in [1.29, 1.82) is 0 Å². The van der Waals surface area contributed by atoms with Gasteiger partial charge in [-0.15, -0.1) is 0 Å². The molecule has 3 rings (SSSR count). The quantitative estimate of drug-likeness (QED) is 0.829. The summed E-state index contributed by atoms with van der Waals surface area (Å²) in [5.74, 6) is -0.313. The Balaban J connectivity index is 2.01. The van der Waals surface area contributed by atoms with Crippen molar-refractivity contribution < 1.29 is 9.59 Å². The van der Waals surface area contributed by atoms with Crippen LogP contribution in [-0.4, -0.2) is 24.2 Å². The van der Waals surface area contributed by atoms with Gasteiger partial charge in [-0.25, -0.2) is 0 Å². The van der Waals surface area contributed by atoms with E-state index in [0.717, 1.165) is 40.6 Å². The fourth-order valence-electron chi connectivity index (χ4n) is 2.49. The highest BCUT2D eigenvalue weighted by atomic mass is 79.9. The lowest BCUT2D eigenvalue weighted by atomic mass is 10.1. The number of imide groups is 1. The second kappa shape index (κ2) is 5.61. The first-order chi connectivity index (χ1) is 9.65. The molecule has 2 fully saturated rings. The van der Waals surface area contributed by atoms with Crippen LogP contribution in [-0.2, 0) is 4.79 Å². The standard InChI is InChI=1S/C14H13BrN2O2S/c15-10-5-3-4-9(12(10)17-6-1-2-7-17)8-11-13(18)16-14(19)20-11/h3-5,8H,1-2,6-7H2,(H,16,18,19)/b11-8-. The zero-order valence-corrected chi connectivity index (χ0v) is 13.1. The van der Waals surface area contributed by atoms with Gasteiger partial charge in [0.1, 0.15) is 0 Å². The maximum atomic E-state index is 11.7. The average molecular weight is 353 g/mol. The smallest absolute Gasteiger partial charge is 0.290 e. The summed E-state index contributed by atoms with van der Waals surface area (Å²) in [5.41, 5.74) is 2.07. The van der Waals surface area contributed by atoms with Gasteiger partial charge in [-0.05, 0) is 52.7 Å². The van der Waals surface area contributed by atoms with E-state index in [1.165, 1.54) is 12.8 Å². The van der Waals surface area contributed by atoms with Gasteiger partial charge in [-0.2, -0.15) is 0 Å². The maximum Gasteiger partial charge on any atom is 0.290 e. The molecule has 0 atom stereocenters. The molecule has 1 N–H and O–H groups in total. The van der Waals surface area contributed by atoms with Crippen LogP contribution in [0.3, 0.4) is 0 Å². The normalized spacial score (nSPS) is 20.9. The Morgan fingerprint density at radius 3 is 2.65 bits per heavy atom. The summed E-state index contributed by atoms with van der Waals surface area (Å²) in [6.07, 6.45) is 4.17. The Labute approximate surface area is 129 Å². The molecule has 0 radical (unpaired) electrons. The van der Waals surface area contributed by atoms with Crippen LogP contribution in [0.5, 0.6) is 0 Å². The number of benzene rings is 1. The third-order valence-electron chi connectivity index (χ3n) is 3.37. The highest BCUT2D eigenvalue weighted by molar-refractivity contribution is 9.10. The van der Waals surface area contributed by atoms with Crippen molar-refractivity contribution in [1.82, 2.24) is 5.32 Å². The largest absolute Gasteiger partial charge is 0.370 e. The minimum Gasteiger partial charge on any atom is -0.370 e. The third-order valence-corrected chi connectivity index (χ3v) is 4.82. The van der Waals surface area contributed by atoms with Gasteiger partial charge < -0.3 is 4.90 Å². The molecule has 104 valence electrons. The summed E-state index contributed by atoms with van der Waals surface area (Å²) in [6.45, 7) is 2.05. The van der Waals surface area contributed by atoms with Gasteiger partial charge in [0.15, 0.2) is 0 Å². The molecule has 2 saturated heterocycles. The van der Waals surface area contributed by atoms with Crippen LogP contribution in [0.2, 0.25) is 0 Å². The van der Waals surface area contributed by atoms with Crippen molar-refractivity contribution in [3.63, 3.8) is 0 Å². The Morgan fingerprint density at radius 1 is 1.25 bits per heavy atom. The van der Waals surface area contributed by atoms with Crippen LogP contribution in [0.4, 0.5) is 10.5 Å². The lowest BCUT2D eigenvalue weighted by Crippen LogP contribution is -2.19. The van der Waals surface area contributed by atoms with Crippen molar-refractivity contribution in [2.24, 2.45) is 0 Å². The van der Waals surface area contributed by atoms with E-state index in [1.807, 2.05) is 18.2 Å². The minimum absolute atomic E-state index is 0.307. The third kappa shape index (κ3) is 2.62. The van der Waals surface area contributed by atoms with E-state index in [0.29, 0.717) is 4.91 Å². The maximum absolute atomic E-state index is 11.7. The van der Waals surface area contributed by atoms with Crippen molar-refractivity contribution in [3.8, 4) is 0 Å². The van der Waals surface area contributed by atoms with Gasteiger partial charge in [-0.1, -0.05) is 12.1 Å². The van der Waals surface area contributed by atoms with Gasteiger partial charge in [0, 0.05) is 23.1 Å². The zero-order valence-electron chi connectivity index (χ0n) is 10.7. The van der Waals surface area contributed by atoms with Crippen LogP contribution in [0.15, 0.2) is 27.6 Å². The van der Waals surface area contributed by atoms with E-state index in [2.05, 4.69) is 26.1 Å². The molecular weight excluding hydrogens is 340 g/mol. The fraction of sp³-hybridized carbons (Fsp3) is 0.286. The second-order valence-corrected chi connectivity index (χ2v) is 6.59. The number of anilines is 1. The van der Waals surface area contributed by atoms with Crippen molar-refractivity contribution in [3.05, 3.63) is 33.1 Å². The van der Waals surface area contributed by atoms with E-state index >= 15 is 0 Å². The number of carbonyl (C=O) groups is 2. The number of amides is 2. The summed E-state index contributed by atoms with van der Waals surface area (Å²) < 4.78 is 1.02. The van der Waals surface area contributed by atoms with Gasteiger partial charge in [0.25, 0.3) is 11.1 Å². The zero-order chi connectivity index (χ0) is 14.1. The number of thioether (sulfide) groups is 1. The summed E-state index contributed by atoms with van der Waals surface area (Å²) in [7, 11) is 0. The summed E-state index contributed by atoms with van der Waals surface area (Å²) in [5, 5.41) is 1.98. The average Bonchev–Trinajstić information content (AvgIpc) is 3.00. The molecule has 4 nitrogen and oxygen atoms in total. The Morgan fingerprint density at radius 2 is 2.00 bits per heavy atom. The number of hydrogen-bond acceptors (Lipinski definition) is 4. The van der Waals surface area contributed by atoms with Gasteiger partial charge >= 0.3 is 0 Å². The molecular formula is C14H13BrN2O2S.